The Morgan fingerprint density at radius 2 is 1.56 bits per heavy atom. The molecule has 0 aliphatic rings. The van der Waals surface area contributed by atoms with Crippen LogP contribution in [-0.2, 0) is 11.3 Å². The largest absolute Gasteiger partial charge is 0.304 e. The Balaban J connectivity index is 1.58. The molecule has 1 aromatic heterocycles. The number of nitrogens with zero attached hydrogens (tertiary/aromatic N) is 2. The lowest BCUT2D eigenvalue weighted by atomic mass is 10.0. The van der Waals surface area contributed by atoms with Gasteiger partial charge in [-0.3, -0.25) is 9.48 Å². The summed E-state index contributed by atoms with van der Waals surface area (Å²) in [6, 6.07) is 24.5. The number of halogens is 3. The summed E-state index contributed by atoms with van der Waals surface area (Å²) in [6.07, 6.45) is 3.49. The molecule has 0 spiro atoms. The van der Waals surface area contributed by atoms with Crippen molar-refractivity contribution in [1.29, 1.82) is 0 Å². The number of carbonyl (C=O) groups excluding carboxylic acids is 1. The van der Waals surface area contributed by atoms with Gasteiger partial charge >= 0.3 is 0 Å². The number of amides is 1. The van der Waals surface area contributed by atoms with E-state index in [2.05, 4.69) is 10.4 Å². The third-order valence-electron chi connectivity index (χ3n) is 4.72. The zero-order valence-corrected chi connectivity index (χ0v) is 19.1. The molecule has 1 amide bonds. The first-order valence-corrected chi connectivity index (χ1v) is 10.9. The van der Waals surface area contributed by atoms with Gasteiger partial charge in [-0.05, 0) is 34.9 Å². The number of aromatic nitrogens is 2. The van der Waals surface area contributed by atoms with E-state index in [0.717, 1.165) is 16.7 Å². The zero-order valence-electron chi connectivity index (χ0n) is 16.8. The van der Waals surface area contributed by atoms with Gasteiger partial charge in [0.15, 0.2) is 5.82 Å². The second kappa shape index (κ2) is 10.0. The number of benzene rings is 3. The molecule has 3 aromatic carbocycles. The van der Waals surface area contributed by atoms with Crippen LogP contribution in [0, 0.1) is 0 Å². The first-order chi connectivity index (χ1) is 15.5. The van der Waals surface area contributed by atoms with Crippen molar-refractivity contribution in [2.75, 3.05) is 5.32 Å². The summed E-state index contributed by atoms with van der Waals surface area (Å²) in [5.74, 6) is -0.0200. The molecule has 0 saturated heterocycles. The van der Waals surface area contributed by atoms with Crippen LogP contribution in [0.5, 0.6) is 0 Å². The molecule has 1 heterocycles. The van der Waals surface area contributed by atoms with Gasteiger partial charge in [0.05, 0.1) is 16.6 Å². The Bertz CT molecular complexity index is 1270. The van der Waals surface area contributed by atoms with Crippen molar-refractivity contribution in [2.24, 2.45) is 0 Å². The molecule has 32 heavy (non-hydrogen) atoms. The van der Waals surface area contributed by atoms with Gasteiger partial charge in [-0.2, -0.15) is 5.10 Å². The first-order valence-electron chi connectivity index (χ1n) is 9.80. The highest BCUT2D eigenvalue weighted by Crippen LogP contribution is 2.26. The van der Waals surface area contributed by atoms with Gasteiger partial charge in [0.25, 0.3) is 5.91 Å². The lowest BCUT2D eigenvalue weighted by Crippen LogP contribution is -2.15. The molecule has 0 aliphatic carbocycles. The number of hydrogen-bond acceptors (Lipinski definition) is 2. The van der Waals surface area contributed by atoms with Gasteiger partial charge in [-0.15, -0.1) is 0 Å². The van der Waals surface area contributed by atoms with E-state index in [-0.39, 0.29) is 11.7 Å². The summed E-state index contributed by atoms with van der Waals surface area (Å²) in [5.41, 5.74) is 3.12. The van der Waals surface area contributed by atoms with Crippen LogP contribution in [-0.4, -0.2) is 15.7 Å². The highest BCUT2D eigenvalue weighted by atomic mass is 35.5. The molecule has 0 atom stereocenters. The average Bonchev–Trinajstić information content (AvgIpc) is 3.14. The predicted octanol–water partition coefficient (Wildman–Crippen LogP) is 7.07. The van der Waals surface area contributed by atoms with Crippen LogP contribution in [0.4, 0.5) is 5.82 Å². The van der Waals surface area contributed by atoms with E-state index in [4.69, 9.17) is 34.8 Å². The minimum Gasteiger partial charge on any atom is -0.304 e. The minimum absolute atomic E-state index is 0.284. The quantitative estimate of drug-likeness (QED) is 0.236. The van der Waals surface area contributed by atoms with Crippen molar-refractivity contribution in [2.45, 2.75) is 6.54 Å². The Morgan fingerprint density at radius 1 is 0.875 bits per heavy atom. The van der Waals surface area contributed by atoms with Gasteiger partial charge in [0.2, 0.25) is 0 Å². The van der Waals surface area contributed by atoms with Crippen LogP contribution in [0.2, 0.25) is 15.1 Å². The molecule has 0 saturated carbocycles. The zero-order chi connectivity index (χ0) is 22.5. The smallest absolute Gasteiger partial charge is 0.257 e. The van der Waals surface area contributed by atoms with Gasteiger partial charge in [-0.1, -0.05) is 102 Å². The molecule has 0 aliphatic heterocycles. The second-order valence-electron chi connectivity index (χ2n) is 7.06. The van der Waals surface area contributed by atoms with E-state index < -0.39 is 0 Å². The van der Waals surface area contributed by atoms with E-state index in [9.17, 15) is 4.79 Å². The van der Waals surface area contributed by atoms with Crippen molar-refractivity contribution in [1.82, 2.24) is 9.78 Å². The third kappa shape index (κ3) is 5.40. The normalized spacial score (nSPS) is 11.4. The van der Waals surface area contributed by atoms with Crippen LogP contribution in [0.3, 0.4) is 0 Å². The number of rotatable bonds is 6. The van der Waals surface area contributed by atoms with Crippen LogP contribution in [0.15, 0.2) is 85.1 Å². The predicted molar refractivity (Wildman–Crippen MR) is 132 cm³/mol. The Kier molecular flexibility index (Phi) is 6.96. The van der Waals surface area contributed by atoms with E-state index in [0.29, 0.717) is 27.2 Å². The molecule has 0 bridgehead atoms. The molecule has 7 heteroatoms. The van der Waals surface area contributed by atoms with Gasteiger partial charge < -0.3 is 5.32 Å². The van der Waals surface area contributed by atoms with Crippen molar-refractivity contribution in [3.8, 4) is 0 Å². The molecule has 0 fully saturated rings. The molecule has 160 valence electrons. The molecular weight excluding hydrogens is 465 g/mol. The van der Waals surface area contributed by atoms with Crippen molar-refractivity contribution < 1.29 is 4.79 Å². The van der Waals surface area contributed by atoms with Crippen LogP contribution < -0.4 is 5.32 Å². The summed E-state index contributed by atoms with van der Waals surface area (Å²) in [5, 5.41) is 8.56. The number of anilines is 1. The van der Waals surface area contributed by atoms with E-state index in [1.807, 2.05) is 72.8 Å². The molecule has 0 unspecified atom stereocenters. The van der Waals surface area contributed by atoms with Crippen LogP contribution in [0.1, 0.15) is 16.7 Å². The maximum Gasteiger partial charge on any atom is 0.257 e. The van der Waals surface area contributed by atoms with E-state index in [1.54, 1.807) is 23.0 Å². The summed E-state index contributed by atoms with van der Waals surface area (Å²) in [7, 11) is 0. The van der Waals surface area contributed by atoms with Crippen molar-refractivity contribution >= 4 is 58.2 Å². The minimum atomic E-state index is -0.304. The highest BCUT2D eigenvalue weighted by Gasteiger charge is 2.16. The fraction of sp³-hybridized carbons (Fsp3) is 0.0400. The third-order valence-corrected chi connectivity index (χ3v) is 5.73. The second-order valence-corrected chi connectivity index (χ2v) is 8.28. The van der Waals surface area contributed by atoms with Crippen LogP contribution >= 0.6 is 34.8 Å². The number of carbonyl (C=O) groups is 1. The average molecular weight is 483 g/mol. The first kappa shape index (κ1) is 22.2. The Labute approximate surface area is 201 Å². The topological polar surface area (TPSA) is 46.9 Å². The Hall–Kier alpha value is -3.05. The summed E-state index contributed by atoms with van der Waals surface area (Å²) < 4.78 is 1.64. The molecular formula is C25H18Cl3N3O. The van der Waals surface area contributed by atoms with E-state index >= 15 is 0 Å². The SMILES string of the molecule is O=C(Nc1nn(Cc2ccc(Cl)c(Cl)c2)cc1Cl)/C(=C\c1ccccc1)c1ccccc1. The highest BCUT2D eigenvalue weighted by molar-refractivity contribution is 6.42. The molecule has 0 radical (unpaired) electrons. The number of nitrogens with one attached hydrogen (secondary N) is 1. The van der Waals surface area contributed by atoms with Crippen molar-refractivity contribution in [3.63, 3.8) is 0 Å². The van der Waals surface area contributed by atoms with Crippen LogP contribution in [0.25, 0.3) is 11.6 Å². The lowest BCUT2D eigenvalue weighted by molar-refractivity contribution is -0.111. The fourth-order valence-electron chi connectivity index (χ4n) is 3.18. The Morgan fingerprint density at radius 3 is 2.25 bits per heavy atom. The molecule has 1 N–H and O–H groups in total. The van der Waals surface area contributed by atoms with Gasteiger partial charge in [0.1, 0.15) is 5.02 Å². The summed E-state index contributed by atoms with van der Waals surface area (Å²) >= 11 is 18.4. The standard InChI is InChI=1S/C25H18Cl3N3O/c26-21-12-11-18(14-22(21)27)15-31-16-23(28)24(30-31)29-25(32)20(19-9-5-2-6-10-19)13-17-7-3-1-4-8-17/h1-14,16H,15H2,(H,29,30,32)/b20-13-. The number of hydrogen-bond donors (Lipinski definition) is 1. The summed E-state index contributed by atoms with van der Waals surface area (Å²) in [6.45, 7) is 0.428. The monoisotopic (exact) mass is 481 g/mol. The molecule has 4 rings (SSSR count). The molecule has 4 nitrogen and oxygen atoms in total. The molecule has 4 aromatic rings. The summed E-state index contributed by atoms with van der Waals surface area (Å²) in [4.78, 5) is 13.2. The lowest BCUT2D eigenvalue weighted by Gasteiger charge is -2.09. The van der Waals surface area contributed by atoms with Gasteiger partial charge in [0, 0.05) is 11.8 Å². The van der Waals surface area contributed by atoms with Crippen molar-refractivity contribution in [3.05, 3.63) is 117 Å². The maximum atomic E-state index is 13.2. The van der Waals surface area contributed by atoms with Gasteiger partial charge in [-0.25, -0.2) is 0 Å². The van der Waals surface area contributed by atoms with E-state index in [1.165, 1.54) is 0 Å². The fourth-order valence-corrected chi connectivity index (χ4v) is 3.69. The maximum absolute atomic E-state index is 13.2.